The van der Waals surface area contributed by atoms with Gasteiger partial charge in [-0.05, 0) is 82.2 Å². The van der Waals surface area contributed by atoms with Gasteiger partial charge < -0.3 is 34.3 Å². The van der Waals surface area contributed by atoms with Crippen LogP contribution in [0.15, 0.2) is 36.4 Å². The molecule has 0 aliphatic heterocycles. The molecule has 0 bridgehead atoms. The molecule has 11 nitrogen and oxygen atoms in total. The zero-order valence-electron chi connectivity index (χ0n) is 28.3. The summed E-state index contributed by atoms with van der Waals surface area (Å²) in [7, 11) is 0. The molecule has 0 radical (unpaired) electrons. The van der Waals surface area contributed by atoms with Gasteiger partial charge in [-0.1, -0.05) is 25.1 Å². The highest BCUT2D eigenvalue weighted by Crippen LogP contribution is 2.41. The van der Waals surface area contributed by atoms with Crippen LogP contribution < -0.4 is 10.6 Å². The predicted octanol–water partition coefficient (Wildman–Crippen LogP) is 5.10. The summed E-state index contributed by atoms with van der Waals surface area (Å²) >= 11 is 0. The number of nitrogens with one attached hydrogen (secondary N) is 2. The third-order valence-electron chi connectivity index (χ3n) is 7.50. The molecule has 0 saturated heterocycles. The Morgan fingerprint density at radius 2 is 1.53 bits per heavy atom. The lowest BCUT2D eigenvalue weighted by atomic mass is 9.91. The minimum Gasteiger partial charge on any atom is -0.464 e. The maximum absolute atomic E-state index is 13.5. The summed E-state index contributed by atoms with van der Waals surface area (Å²) in [5, 5.41) is 5.53. The van der Waals surface area contributed by atoms with Crippen LogP contribution in [-0.4, -0.2) is 86.9 Å². The monoisotopic (exact) mass is 659 g/mol. The second kappa shape index (κ2) is 18.7. The van der Waals surface area contributed by atoms with Gasteiger partial charge in [0.1, 0.15) is 22.7 Å². The fourth-order valence-corrected chi connectivity index (χ4v) is 4.85. The number of hydrogen-bond donors (Lipinski definition) is 2. The molecule has 1 aliphatic rings. The molecule has 1 atom stereocenters. The SMILES string of the molecule is CCOC(=O)C(CC)(CCOCCOCCOCCNC(=O)OC(C)(C)C)NC(=O)c1ccc(C2CC2)c(Cc2ccc(F)cc2)n1. The molecule has 1 aromatic carbocycles. The molecule has 1 saturated carbocycles. The van der Waals surface area contributed by atoms with Crippen molar-refractivity contribution < 1.29 is 42.5 Å². The second-order valence-electron chi connectivity index (χ2n) is 12.4. The van der Waals surface area contributed by atoms with Crippen LogP contribution in [0.4, 0.5) is 9.18 Å². The number of ether oxygens (including phenoxy) is 5. The van der Waals surface area contributed by atoms with Crippen LogP contribution in [0.5, 0.6) is 0 Å². The summed E-state index contributed by atoms with van der Waals surface area (Å²) in [5.74, 6) is -0.912. The van der Waals surface area contributed by atoms with Crippen LogP contribution >= 0.6 is 0 Å². The van der Waals surface area contributed by atoms with Gasteiger partial charge in [-0.2, -0.15) is 0 Å². The van der Waals surface area contributed by atoms with Gasteiger partial charge in [0.2, 0.25) is 0 Å². The van der Waals surface area contributed by atoms with E-state index in [9.17, 15) is 18.8 Å². The minimum atomic E-state index is -1.30. The first-order chi connectivity index (χ1) is 22.5. The van der Waals surface area contributed by atoms with Gasteiger partial charge in [0.25, 0.3) is 5.91 Å². The molecule has 1 aromatic heterocycles. The average Bonchev–Trinajstić information content (AvgIpc) is 3.87. The molecule has 0 spiro atoms. The number of alkyl carbamates (subject to hydrolysis) is 1. The van der Waals surface area contributed by atoms with Crippen molar-refractivity contribution in [3.05, 3.63) is 64.7 Å². The van der Waals surface area contributed by atoms with Gasteiger partial charge in [-0.3, -0.25) is 4.79 Å². The lowest BCUT2D eigenvalue weighted by Gasteiger charge is -2.31. The Morgan fingerprint density at radius 3 is 2.13 bits per heavy atom. The van der Waals surface area contributed by atoms with E-state index in [0.717, 1.165) is 29.7 Å². The van der Waals surface area contributed by atoms with Gasteiger partial charge in [-0.25, -0.2) is 19.0 Å². The van der Waals surface area contributed by atoms with Gasteiger partial charge in [0.15, 0.2) is 0 Å². The topological polar surface area (TPSA) is 134 Å². The molecule has 2 aromatic rings. The summed E-state index contributed by atoms with van der Waals surface area (Å²) in [6.45, 7) is 11.2. The Morgan fingerprint density at radius 1 is 0.894 bits per heavy atom. The van der Waals surface area contributed by atoms with E-state index in [-0.39, 0.29) is 37.8 Å². The van der Waals surface area contributed by atoms with Gasteiger partial charge >= 0.3 is 12.1 Å². The van der Waals surface area contributed by atoms with Gasteiger partial charge in [0, 0.05) is 31.7 Å². The van der Waals surface area contributed by atoms with Crippen LogP contribution in [-0.2, 0) is 34.9 Å². The molecule has 2 amide bonds. The van der Waals surface area contributed by atoms with Crippen molar-refractivity contribution in [3.63, 3.8) is 0 Å². The number of aromatic nitrogens is 1. The Hall–Kier alpha value is -3.61. The van der Waals surface area contributed by atoms with Crippen LogP contribution in [0.25, 0.3) is 0 Å². The summed E-state index contributed by atoms with van der Waals surface area (Å²) < 4.78 is 40.7. The van der Waals surface area contributed by atoms with E-state index in [0.29, 0.717) is 51.7 Å². The van der Waals surface area contributed by atoms with E-state index >= 15 is 0 Å². The number of rotatable bonds is 20. The molecule has 260 valence electrons. The maximum atomic E-state index is 13.5. The number of nitrogens with zero attached hydrogens (tertiary/aromatic N) is 1. The van der Waals surface area contributed by atoms with Crippen molar-refractivity contribution in [2.45, 2.75) is 83.8 Å². The lowest BCUT2D eigenvalue weighted by Crippen LogP contribution is -2.55. The van der Waals surface area contributed by atoms with Crippen LogP contribution in [0.3, 0.4) is 0 Å². The molecule has 2 N–H and O–H groups in total. The number of carbonyl (C=O) groups excluding carboxylic acids is 3. The standard InChI is InChI=1S/C35H50FN3O8/c1-6-35(32(41)46-7-2,16-18-43-20-22-45-23-21-44-19-17-37-33(42)47-34(3,4)5)39-31(40)29-15-14-28(26-10-11-26)30(38-29)24-25-8-12-27(36)13-9-25/h8-9,12-15,26H,6-7,10-11,16-24H2,1-5H3,(H,37,42)(H,39,40). The highest BCUT2D eigenvalue weighted by atomic mass is 19.1. The summed E-state index contributed by atoms with van der Waals surface area (Å²) in [4.78, 5) is 43.0. The zero-order valence-corrected chi connectivity index (χ0v) is 28.3. The molecule has 3 rings (SSSR count). The van der Waals surface area contributed by atoms with Gasteiger partial charge in [0.05, 0.1) is 39.6 Å². The highest BCUT2D eigenvalue weighted by Gasteiger charge is 2.40. The zero-order chi connectivity index (χ0) is 34.3. The van der Waals surface area contributed by atoms with E-state index in [4.69, 9.17) is 28.7 Å². The van der Waals surface area contributed by atoms with Crippen molar-refractivity contribution in [1.29, 1.82) is 0 Å². The third kappa shape index (κ3) is 13.2. The molecule has 1 heterocycles. The van der Waals surface area contributed by atoms with Crippen molar-refractivity contribution in [3.8, 4) is 0 Å². The number of carbonyl (C=O) groups is 3. The minimum absolute atomic E-state index is 0.167. The number of amides is 2. The Balaban J connectivity index is 1.47. The van der Waals surface area contributed by atoms with Crippen molar-refractivity contribution in [1.82, 2.24) is 15.6 Å². The molecule has 1 unspecified atom stereocenters. The quantitative estimate of drug-likeness (QED) is 0.147. The fourth-order valence-electron chi connectivity index (χ4n) is 4.85. The number of halogens is 1. The summed E-state index contributed by atoms with van der Waals surface area (Å²) in [6, 6.07) is 9.89. The van der Waals surface area contributed by atoms with E-state index in [1.165, 1.54) is 12.1 Å². The predicted molar refractivity (Wildman–Crippen MR) is 174 cm³/mol. The summed E-state index contributed by atoms with van der Waals surface area (Å²) in [6.07, 6.45) is 2.61. The van der Waals surface area contributed by atoms with Crippen LogP contribution in [0.2, 0.25) is 0 Å². The van der Waals surface area contributed by atoms with Crippen LogP contribution in [0, 0.1) is 5.82 Å². The Bertz CT molecular complexity index is 1300. The second-order valence-corrected chi connectivity index (χ2v) is 12.4. The van der Waals surface area contributed by atoms with Crippen molar-refractivity contribution >= 4 is 18.0 Å². The molecular weight excluding hydrogens is 609 g/mol. The van der Waals surface area contributed by atoms with Crippen LogP contribution in [0.1, 0.15) is 93.5 Å². The van der Waals surface area contributed by atoms with Gasteiger partial charge in [-0.15, -0.1) is 0 Å². The summed E-state index contributed by atoms with van der Waals surface area (Å²) in [5.41, 5.74) is 1.11. The average molecular weight is 660 g/mol. The first-order valence-corrected chi connectivity index (χ1v) is 16.4. The largest absolute Gasteiger partial charge is 0.464 e. The Labute approximate surface area is 277 Å². The molecular formula is C35H50FN3O8. The third-order valence-corrected chi connectivity index (χ3v) is 7.50. The fraction of sp³-hybridized carbons (Fsp3) is 0.600. The van der Waals surface area contributed by atoms with E-state index in [2.05, 4.69) is 10.6 Å². The number of esters is 1. The molecule has 1 aliphatic carbocycles. The number of pyridine rings is 1. The van der Waals surface area contributed by atoms with E-state index in [1.54, 1.807) is 45.9 Å². The maximum Gasteiger partial charge on any atom is 0.407 e. The molecule has 47 heavy (non-hydrogen) atoms. The Kier molecular flexibility index (Phi) is 15.0. The highest BCUT2D eigenvalue weighted by molar-refractivity contribution is 5.97. The van der Waals surface area contributed by atoms with E-state index in [1.807, 2.05) is 13.0 Å². The first kappa shape index (κ1) is 37.8. The lowest BCUT2D eigenvalue weighted by molar-refractivity contribution is -0.152. The van der Waals surface area contributed by atoms with Crippen molar-refractivity contribution in [2.24, 2.45) is 0 Å². The van der Waals surface area contributed by atoms with Crippen molar-refractivity contribution in [2.75, 3.05) is 52.8 Å². The van der Waals surface area contributed by atoms with E-state index < -0.39 is 29.1 Å². The number of hydrogen-bond acceptors (Lipinski definition) is 9. The molecule has 12 heteroatoms. The smallest absolute Gasteiger partial charge is 0.407 e. The normalized spacial score (nSPS) is 14.3. The first-order valence-electron chi connectivity index (χ1n) is 16.4. The number of benzene rings is 1. The molecule has 1 fully saturated rings.